The first-order valence-corrected chi connectivity index (χ1v) is 6.07. The van der Waals surface area contributed by atoms with Crippen molar-refractivity contribution in [3.05, 3.63) is 28.1 Å². The lowest BCUT2D eigenvalue weighted by Gasteiger charge is -1.98. The molecule has 0 saturated carbocycles. The Kier molecular flexibility index (Phi) is 2.67. The Morgan fingerprint density at radius 2 is 2.29 bits per heavy atom. The van der Waals surface area contributed by atoms with E-state index in [4.69, 9.17) is 0 Å². The molecular formula is C10H11NOS2. The fourth-order valence-corrected chi connectivity index (χ4v) is 3.10. The molecule has 0 radical (unpaired) electrons. The Morgan fingerprint density at radius 1 is 1.50 bits per heavy atom. The molecule has 0 fully saturated rings. The van der Waals surface area contributed by atoms with Crippen LogP contribution in [-0.2, 0) is 0 Å². The Labute approximate surface area is 90.9 Å². The molecule has 0 aromatic carbocycles. The maximum Gasteiger partial charge on any atom is 0.133 e. The highest BCUT2D eigenvalue weighted by Crippen LogP contribution is 2.33. The second-order valence-electron chi connectivity index (χ2n) is 3.12. The largest absolute Gasteiger partial charge is 0.388 e. The van der Waals surface area contributed by atoms with Gasteiger partial charge in [-0.3, -0.25) is 0 Å². The van der Waals surface area contributed by atoms with Crippen LogP contribution in [0.15, 0.2) is 17.5 Å². The van der Waals surface area contributed by atoms with Crippen LogP contribution in [0.3, 0.4) is 0 Å². The number of nitrogens with zero attached hydrogens (tertiary/aromatic N) is 1. The number of aromatic nitrogens is 1. The summed E-state index contributed by atoms with van der Waals surface area (Å²) < 4.78 is 0. The zero-order valence-electron chi connectivity index (χ0n) is 8.02. The summed E-state index contributed by atoms with van der Waals surface area (Å²) in [7, 11) is 0. The number of hydrogen-bond acceptors (Lipinski definition) is 4. The van der Waals surface area contributed by atoms with Gasteiger partial charge in [-0.2, -0.15) is 0 Å². The molecule has 0 aliphatic carbocycles. The predicted octanol–water partition coefficient (Wildman–Crippen LogP) is 3.23. The van der Waals surface area contributed by atoms with E-state index in [9.17, 15) is 5.11 Å². The third-order valence-electron chi connectivity index (χ3n) is 1.94. The Morgan fingerprint density at radius 3 is 2.79 bits per heavy atom. The lowest BCUT2D eigenvalue weighted by atomic mass is 10.3. The minimum atomic E-state index is -0.416. The van der Waals surface area contributed by atoms with E-state index >= 15 is 0 Å². The van der Waals surface area contributed by atoms with E-state index in [-0.39, 0.29) is 0 Å². The number of aryl methyl sites for hydroxylation is 1. The van der Waals surface area contributed by atoms with Crippen molar-refractivity contribution in [3.63, 3.8) is 0 Å². The summed E-state index contributed by atoms with van der Waals surface area (Å²) in [6.07, 6.45) is -0.416. The monoisotopic (exact) mass is 225 g/mol. The van der Waals surface area contributed by atoms with Crippen molar-refractivity contribution in [3.8, 4) is 9.88 Å². The molecule has 0 spiro atoms. The molecule has 2 aromatic rings. The van der Waals surface area contributed by atoms with Gasteiger partial charge in [0.25, 0.3) is 0 Å². The molecule has 14 heavy (non-hydrogen) atoms. The predicted molar refractivity (Wildman–Crippen MR) is 60.8 cm³/mol. The highest BCUT2D eigenvalue weighted by Gasteiger charge is 2.13. The molecule has 0 aliphatic heterocycles. The first-order chi connectivity index (χ1) is 6.68. The summed E-state index contributed by atoms with van der Waals surface area (Å²) in [5.74, 6) is 0. The minimum absolute atomic E-state index is 0.416. The summed E-state index contributed by atoms with van der Waals surface area (Å²) in [4.78, 5) is 6.58. The quantitative estimate of drug-likeness (QED) is 0.851. The first kappa shape index (κ1) is 9.83. The van der Waals surface area contributed by atoms with Crippen LogP contribution in [0.4, 0.5) is 0 Å². The topological polar surface area (TPSA) is 33.1 Å². The lowest BCUT2D eigenvalue weighted by molar-refractivity contribution is 0.202. The van der Waals surface area contributed by atoms with E-state index in [1.807, 2.05) is 18.4 Å². The van der Waals surface area contributed by atoms with Gasteiger partial charge in [0.2, 0.25) is 0 Å². The van der Waals surface area contributed by atoms with Crippen molar-refractivity contribution in [1.29, 1.82) is 0 Å². The summed E-state index contributed by atoms with van der Waals surface area (Å²) in [5.41, 5.74) is 0.938. The van der Waals surface area contributed by atoms with Crippen LogP contribution in [-0.4, -0.2) is 10.1 Å². The molecule has 2 aromatic heterocycles. The van der Waals surface area contributed by atoms with Gasteiger partial charge < -0.3 is 5.11 Å². The highest BCUT2D eigenvalue weighted by atomic mass is 32.1. The van der Waals surface area contributed by atoms with Gasteiger partial charge in [0.05, 0.1) is 21.6 Å². The SMILES string of the molecule is Cc1nc(-c2cccs2)sc1C(C)O. The second kappa shape index (κ2) is 3.81. The molecule has 0 amide bonds. The van der Waals surface area contributed by atoms with E-state index in [0.29, 0.717) is 0 Å². The molecule has 1 atom stereocenters. The third kappa shape index (κ3) is 1.73. The number of thiophene rings is 1. The fourth-order valence-electron chi connectivity index (χ4n) is 1.30. The highest BCUT2D eigenvalue weighted by molar-refractivity contribution is 7.21. The average Bonchev–Trinajstić information content (AvgIpc) is 2.70. The van der Waals surface area contributed by atoms with Gasteiger partial charge >= 0.3 is 0 Å². The van der Waals surface area contributed by atoms with E-state index in [2.05, 4.69) is 11.1 Å². The molecule has 0 aliphatic rings. The lowest BCUT2D eigenvalue weighted by Crippen LogP contribution is -1.88. The van der Waals surface area contributed by atoms with Gasteiger partial charge in [0, 0.05) is 0 Å². The van der Waals surface area contributed by atoms with Gasteiger partial charge in [0.15, 0.2) is 0 Å². The van der Waals surface area contributed by atoms with Crippen LogP contribution >= 0.6 is 22.7 Å². The van der Waals surface area contributed by atoms with E-state index in [0.717, 1.165) is 15.6 Å². The van der Waals surface area contributed by atoms with Crippen molar-refractivity contribution in [2.75, 3.05) is 0 Å². The standard InChI is InChI=1S/C10H11NOS2/c1-6-9(7(2)12)14-10(11-6)8-4-3-5-13-8/h3-5,7,12H,1-2H3. The van der Waals surface area contributed by atoms with Gasteiger partial charge in [-0.25, -0.2) is 4.98 Å². The molecule has 0 bridgehead atoms. The van der Waals surface area contributed by atoms with Gasteiger partial charge in [-0.15, -0.1) is 22.7 Å². The molecular weight excluding hydrogens is 214 g/mol. The normalized spacial score (nSPS) is 13.1. The first-order valence-electron chi connectivity index (χ1n) is 4.37. The van der Waals surface area contributed by atoms with Crippen LogP contribution in [0.25, 0.3) is 9.88 Å². The summed E-state index contributed by atoms with van der Waals surface area (Å²) in [6.45, 7) is 3.72. The summed E-state index contributed by atoms with van der Waals surface area (Å²) >= 11 is 3.25. The van der Waals surface area contributed by atoms with Crippen LogP contribution < -0.4 is 0 Å². The number of aliphatic hydroxyl groups excluding tert-OH is 1. The smallest absolute Gasteiger partial charge is 0.133 e. The Bertz CT molecular complexity index is 417. The van der Waals surface area contributed by atoms with Crippen LogP contribution in [0.2, 0.25) is 0 Å². The van der Waals surface area contributed by atoms with Gasteiger partial charge in [-0.1, -0.05) is 6.07 Å². The van der Waals surface area contributed by atoms with Crippen LogP contribution in [0, 0.1) is 6.92 Å². The van der Waals surface area contributed by atoms with Gasteiger partial charge in [-0.05, 0) is 25.3 Å². The molecule has 1 N–H and O–H groups in total. The summed E-state index contributed by atoms with van der Waals surface area (Å²) in [5, 5.41) is 12.5. The zero-order chi connectivity index (χ0) is 10.1. The number of rotatable bonds is 2. The number of thiazole rings is 1. The summed E-state index contributed by atoms with van der Waals surface area (Å²) in [6, 6.07) is 4.06. The Balaban J connectivity index is 2.43. The van der Waals surface area contributed by atoms with Gasteiger partial charge in [0.1, 0.15) is 5.01 Å². The maximum atomic E-state index is 9.49. The molecule has 0 saturated heterocycles. The van der Waals surface area contributed by atoms with Crippen molar-refractivity contribution in [2.45, 2.75) is 20.0 Å². The molecule has 2 rings (SSSR count). The minimum Gasteiger partial charge on any atom is -0.388 e. The molecule has 4 heteroatoms. The van der Waals surface area contributed by atoms with Crippen LogP contribution in [0.1, 0.15) is 23.6 Å². The molecule has 74 valence electrons. The zero-order valence-corrected chi connectivity index (χ0v) is 9.65. The van der Waals surface area contributed by atoms with Crippen molar-refractivity contribution >= 4 is 22.7 Å². The molecule has 2 heterocycles. The number of hydrogen-bond donors (Lipinski definition) is 1. The van der Waals surface area contributed by atoms with Crippen molar-refractivity contribution in [1.82, 2.24) is 4.98 Å². The third-order valence-corrected chi connectivity index (χ3v) is 4.31. The van der Waals surface area contributed by atoms with E-state index in [1.54, 1.807) is 29.6 Å². The number of aliphatic hydroxyl groups is 1. The molecule has 1 unspecified atom stereocenters. The maximum absolute atomic E-state index is 9.49. The van der Waals surface area contributed by atoms with Crippen molar-refractivity contribution < 1.29 is 5.11 Å². The molecule has 2 nitrogen and oxygen atoms in total. The van der Waals surface area contributed by atoms with E-state index < -0.39 is 6.10 Å². The van der Waals surface area contributed by atoms with E-state index in [1.165, 1.54) is 4.88 Å². The fraction of sp³-hybridized carbons (Fsp3) is 0.300. The average molecular weight is 225 g/mol. The Hall–Kier alpha value is -0.710. The van der Waals surface area contributed by atoms with Crippen molar-refractivity contribution in [2.24, 2.45) is 0 Å². The van der Waals surface area contributed by atoms with Crippen LogP contribution in [0.5, 0.6) is 0 Å². The second-order valence-corrected chi connectivity index (χ2v) is 5.10.